The van der Waals surface area contributed by atoms with Gasteiger partial charge in [0.2, 0.25) is 0 Å². The van der Waals surface area contributed by atoms with Gasteiger partial charge in [-0.15, -0.1) is 0 Å². The molecule has 1 saturated heterocycles. The first kappa shape index (κ1) is 15.3. The number of amides is 1. The number of likely N-dealkylation sites (tertiary alicyclic amines) is 1. The zero-order valence-corrected chi connectivity index (χ0v) is 12.8. The summed E-state index contributed by atoms with van der Waals surface area (Å²) in [5, 5.41) is 19.3. The molecule has 0 spiro atoms. The number of hydrogen-bond donors (Lipinski definition) is 2. The van der Waals surface area contributed by atoms with Crippen LogP contribution in [0.25, 0.3) is 0 Å². The first-order valence-corrected chi connectivity index (χ1v) is 7.82. The number of rotatable bonds is 4. The summed E-state index contributed by atoms with van der Waals surface area (Å²) in [6.45, 7) is 0.686. The minimum Gasteiger partial charge on any atom is -0.388 e. The average molecular weight is 309 g/mol. The van der Waals surface area contributed by atoms with E-state index in [2.05, 4.69) is 4.98 Å². The van der Waals surface area contributed by atoms with E-state index in [0.717, 1.165) is 18.4 Å². The van der Waals surface area contributed by atoms with Gasteiger partial charge in [-0.3, -0.25) is 4.79 Å². The summed E-state index contributed by atoms with van der Waals surface area (Å²) in [7, 11) is 0. The summed E-state index contributed by atoms with van der Waals surface area (Å²) in [5.74, 6) is -0.103. The molecule has 1 aliphatic heterocycles. The van der Waals surface area contributed by atoms with Gasteiger partial charge < -0.3 is 15.0 Å². The van der Waals surface area contributed by atoms with Crippen LogP contribution in [0.15, 0.2) is 42.5 Å². The minimum atomic E-state index is -0.576. The summed E-state index contributed by atoms with van der Waals surface area (Å²) in [6, 6.07) is 14.8. The second-order valence-corrected chi connectivity index (χ2v) is 5.85. The number of nitriles is 1. The summed E-state index contributed by atoms with van der Waals surface area (Å²) < 4.78 is 0. The van der Waals surface area contributed by atoms with Crippen LogP contribution in [0.3, 0.4) is 0 Å². The predicted molar refractivity (Wildman–Crippen MR) is 85.6 cm³/mol. The first-order chi connectivity index (χ1) is 11.2. The van der Waals surface area contributed by atoms with Crippen LogP contribution in [0.1, 0.15) is 47.1 Å². The van der Waals surface area contributed by atoms with Crippen LogP contribution in [-0.2, 0) is 0 Å². The van der Waals surface area contributed by atoms with Gasteiger partial charge in [-0.1, -0.05) is 30.3 Å². The van der Waals surface area contributed by atoms with Crippen LogP contribution in [0.5, 0.6) is 0 Å². The van der Waals surface area contributed by atoms with Gasteiger partial charge in [0.1, 0.15) is 17.5 Å². The molecule has 0 bridgehead atoms. The molecule has 5 heteroatoms. The molecular weight excluding hydrogens is 290 g/mol. The fourth-order valence-electron chi connectivity index (χ4n) is 3.16. The van der Waals surface area contributed by atoms with Crippen molar-refractivity contribution in [3.8, 4) is 6.07 Å². The number of aliphatic hydroxyl groups is 1. The lowest BCUT2D eigenvalue weighted by Gasteiger charge is -2.26. The third-order valence-electron chi connectivity index (χ3n) is 4.35. The Morgan fingerprint density at radius 2 is 2.13 bits per heavy atom. The van der Waals surface area contributed by atoms with Crippen LogP contribution < -0.4 is 0 Å². The summed E-state index contributed by atoms with van der Waals surface area (Å²) in [4.78, 5) is 17.2. The normalized spacial score (nSPS) is 18.6. The lowest BCUT2D eigenvalue weighted by Crippen LogP contribution is -2.36. The smallest absolute Gasteiger partial charge is 0.270 e. The predicted octanol–water partition coefficient (Wildman–Crippen LogP) is 2.61. The number of carbonyl (C=O) groups is 1. The molecule has 1 aromatic heterocycles. The van der Waals surface area contributed by atoms with Crippen LogP contribution in [0.2, 0.25) is 0 Å². The second-order valence-electron chi connectivity index (χ2n) is 5.85. The molecule has 0 saturated carbocycles. The SMILES string of the molecule is N#Cc1ccc(C(=O)N2CCCC2CC(O)c2ccccc2)[nH]1. The minimum absolute atomic E-state index is 0.0199. The quantitative estimate of drug-likeness (QED) is 0.911. The highest BCUT2D eigenvalue weighted by Crippen LogP contribution is 2.28. The van der Waals surface area contributed by atoms with E-state index in [9.17, 15) is 9.90 Å². The zero-order chi connectivity index (χ0) is 16.2. The number of aromatic nitrogens is 1. The highest BCUT2D eigenvalue weighted by Gasteiger charge is 2.31. The molecule has 2 atom stereocenters. The van der Waals surface area contributed by atoms with Crippen LogP contribution in [0.4, 0.5) is 0 Å². The fourth-order valence-corrected chi connectivity index (χ4v) is 3.16. The molecule has 2 N–H and O–H groups in total. The first-order valence-electron chi connectivity index (χ1n) is 7.82. The van der Waals surface area contributed by atoms with Gasteiger partial charge in [0, 0.05) is 12.6 Å². The molecule has 1 fully saturated rings. The molecule has 5 nitrogen and oxygen atoms in total. The zero-order valence-electron chi connectivity index (χ0n) is 12.8. The van der Waals surface area contributed by atoms with E-state index in [-0.39, 0.29) is 11.9 Å². The Morgan fingerprint density at radius 1 is 1.35 bits per heavy atom. The fraction of sp³-hybridized carbons (Fsp3) is 0.333. The van der Waals surface area contributed by atoms with Crippen molar-refractivity contribution in [2.24, 2.45) is 0 Å². The van der Waals surface area contributed by atoms with Crippen LogP contribution in [-0.4, -0.2) is 33.5 Å². The van der Waals surface area contributed by atoms with Crippen LogP contribution in [0, 0.1) is 11.3 Å². The Balaban J connectivity index is 1.70. The van der Waals surface area contributed by atoms with Gasteiger partial charge in [-0.25, -0.2) is 0 Å². The standard InChI is InChI=1S/C18H19N3O2/c19-12-14-8-9-16(20-14)18(23)21-10-4-7-15(21)11-17(22)13-5-2-1-3-6-13/h1-3,5-6,8-9,15,17,20,22H,4,7,10-11H2. The number of benzene rings is 1. The highest BCUT2D eigenvalue weighted by molar-refractivity contribution is 5.93. The maximum Gasteiger partial charge on any atom is 0.270 e. The average Bonchev–Trinajstić information content (AvgIpc) is 3.24. The van der Waals surface area contributed by atoms with Crippen molar-refractivity contribution in [2.75, 3.05) is 6.54 Å². The van der Waals surface area contributed by atoms with Gasteiger partial charge >= 0.3 is 0 Å². The van der Waals surface area contributed by atoms with Crippen molar-refractivity contribution in [3.05, 3.63) is 59.4 Å². The topological polar surface area (TPSA) is 80.1 Å². The Hall–Kier alpha value is -2.58. The molecule has 1 amide bonds. The van der Waals surface area contributed by atoms with E-state index < -0.39 is 6.10 Å². The Morgan fingerprint density at radius 3 is 2.83 bits per heavy atom. The molecule has 23 heavy (non-hydrogen) atoms. The van der Waals surface area contributed by atoms with Gasteiger partial charge in [0.05, 0.1) is 6.10 Å². The van der Waals surface area contributed by atoms with Gasteiger partial charge in [0.15, 0.2) is 0 Å². The lowest BCUT2D eigenvalue weighted by molar-refractivity contribution is 0.0662. The lowest BCUT2D eigenvalue weighted by atomic mass is 10.0. The second kappa shape index (κ2) is 6.67. The largest absolute Gasteiger partial charge is 0.388 e. The summed E-state index contributed by atoms with van der Waals surface area (Å²) in [6.07, 6.45) is 1.78. The molecule has 1 aromatic carbocycles. The van der Waals surface area contributed by atoms with E-state index in [0.29, 0.717) is 24.4 Å². The number of nitrogens with one attached hydrogen (secondary N) is 1. The van der Waals surface area contributed by atoms with E-state index in [1.54, 1.807) is 17.0 Å². The summed E-state index contributed by atoms with van der Waals surface area (Å²) in [5.41, 5.74) is 1.69. The van der Waals surface area contributed by atoms with E-state index in [4.69, 9.17) is 5.26 Å². The maximum atomic E-state index is 12.6. The third-order valence-corrected chi connectivity index (χ3v) is 4.35. The van der Waals surface area contributed by atoms with Crippen molar-refractivity contribution < 1.29 is 9.90 Å². The molecule has 118 valence electrons. The molecule has 0 radical (unpaired) electrons. The van der Waals surface area contributed by atoms with Crippen LogP contribution >= 0.6 is 0 Å². The number of hydrogen-bond acceptors (Lipinski definition) is 3. The van der Waals surface area contributed by atoms with Crippen molar-refractivity contribution in [1.82, 2.24) is 9.88 Å². The molecule has 0 aliphatic carbocycles. The third kappa shape index (κ3) is 3.27. The monoisotopic (exact) mass is 309 g/mol. The Kier molecular flexibility index (Phi) is 4.45. The molecular formula is C18H19N3O2. The molecule has 2 unspecified atom stereocenters. The molecule has 1 aliphatic rings. The van der Waals surface area contributed by atoms with E-state index in [1.165, 1.54) is 0 Å². The molecule has 2 aromatic rings. The van der Waals surface area contributed by atoms with Crippen molar-refractivity contribution in [3.63, 3.8) is 0 Å². The number of H-pyrrole nitrogens is 1. The number of carbonyl (C=O) groups excluding carboxylic acids is 1. The van der Waals surface area contributed by atoms with Gasteiger partial charge in [0.25, 0.3) is 5.91 Å². The Labute approximate surface area is 135 Å². The summed E-state index contributed by atoms with van der Waals surface area (Å²) >= 11 is 0. The number of nitrogens with zero attached hydrogens (tertiary/aromatic N) is 2. The highest BCUT2D eigenvalue weighted by atomic mass is 16.3. The number of aliphatic hydroxyl groups excluding tert-OH is 1. The molecule has 3 rings (SSSR count). The van der Waals surface area contributed by atoms with Crippen molar-refractivity contribution >= 4 is 5.91 Å². The van der Waals surface area contributed by atoms with Gasteiger partial charge in [-0.05, 0) is 37.0 Å². The van der Waals surface area contributed by atoms with Gasteiger partial charge in [-0.2, -0.15) is 5.26 Å². The maximum absolute atomic E-state index is 12.6. The van der Waals surface area contributed by atoms with E-state index >= 15 is 0 Å². The Bertz CT molecular complexity index is 717. The van der Waals surface area contributed by atoms with Crippen molar-refractivity contribution in [2.45, 2.75) is 31.4 Å². The molecule has 2 heterocycles. The van der Waals surface area contributed by atoms with Crippen molar-refractivity contribution in [1.29, 1.82) is 5.26 Å². The van der Waals surface area contributed by atoms with E-state index in [1.807, 2.05) is 36.4 Å². The number of aromatic amines is 1.